The van der Waals surface area contributed by atoms with Gasteiger partial charge in [-0.25, -0.2) is 13.4 Å². The van der Waals surface area contributed by atoms with E-state index in [-0.39, 0.29) is 22.4 Å². The number of hydrogen-bond acceptors (Lipinski definition) is 6. The van der Waals surface area contributed by atoms with Gasteiger partial charge in [0, 0.05) is 12.7 Å². The first-order valence-electron chi connectivity index (χ1n) is 10.3. The highest BCUT2D eigenvalue weighted by Gasteiger charge is 2.21. The summed E-state index contributed by atoms with van der Waals surface area (Å²) >= 11 is 1.19. The van der Waals surface area contributed by atoms with Crippen molar-refractivity contribution in [1.29, 1.82) is 0 Å². The van der Waals surface area contributed by atoms with Crippen molar-refractivity contribution >= 4 is 37.3 Å². The molecule has 0 aliphatic carbocycles. The maximum Gasteiger partial charge on any atom is 0.262 e. The first-order chi connectivity index (χ1) is 15.6. The summed E-state index contributed by atoms with van der Waals surface area (Å²) < 4.78 is 23.3. The fraction of sp³-hybridized carbons (Fsp3) is 0.208. The van der Waals surface area contributed by atoms with E-state index in [9.17, 15) is 18.0 Å². The maximum atomic E-state index is 13.0. The minimum absolute atomic E-state index is 0.224. The van der Waals surface area contributed by atoms with Gasteiger partial charge in [0.1, 0.15) is 10.7 Å². The number of aromatic nitrogens is 2. The number of amides is 1. The Balaban J connectivity index is 1.58. The number of sulfone groups is 1. The Hall–Kier alpha value is -3.30. The number of carbonyl (C=O) groups is 1. The topological polar surface area (TPSA) is 109 Å². The quantitative estimate of drug-likeness (QED) is 0.436. The molecule has 0 bridgehead atoms. The number of aryl methyl sites for hydroxylation is 1. The van der Waals surface area contributed by atoms with Gasteiger partial charge in [-0.2, -0.15) is 0 Å². The Morgan fingerprint density at radius 2 is 1.79 bits per heavy atom. The highest BCUT2D eigenvalue weighted by atomic mass is 32.2. The summed E-state index contributed by atoms with van der Waals surface area (Å²) in [6.45, 7) is 3.56. The highest BCUT2D eigenvalue weighted by molar-refractivity contribution is 7.90. The van der Waals surface area contributed by atoms with E-state index in [4.69, 9.17) is 0 Å². The summed E-state index contributed by atoms with van der Waals surface area (Å²) in [5.41, 5.74) is 2.13. The average Bonchev–Trinajstić information content (AvgIpc) is 3.10. The van der Waals surface area contributed by atoms with Crippen molar-refractivity contribution in [2.75, 3.05) is 6.26 Å². The van der Waals surface area contributed by atoms with E-state index in [0.29, 0.717) is 32.9 Å². The number of carbonyl (C=O) groups excluding carboxylic acids is 1. The van der Waals surface area contributed by atoms with Crippen molar-refractivity contribution in [2.24, 2.45) is 0 Å². The van der Waals surface area contributed by atoms with Crippen LogP contribution in [0.25, 0.3) is 10.2 Å². The Kier molecular flexibility index (Phi) is 6.18. The number of nitrogens with zero attached hydrogens (tertiary/aromatic N) is 1. The van der Waals surface area contributed by atoms with Crippen molar-refractivity contribution in [3.05, 3.63) is 92.3 Å². The van der Waals surface area contributed by atoms with Crippen LogP contribution in [0.4, 0.5) is 0 Å². The lowest BCUT2D eigenvalue weighted by atomic mass is 10.1. The van der Waals surface area contributed by atoms with Crippen LogP contribution in [-0.2, 0) is 16.3 Å². The lowest BCUT2D eigenvalue weighted by molar-refractivity contribution is 0.0943. The van der Waals surface area contributed by atoms with E-state index in [1.165, 1.54) is 23.5 Å². The molecule has 9 heteroatoms. The second-order valence-corrected chi connectivity index (χ2v) is 11.0. The largest absolute Gasteiger partial charge is 0.345 e. The average molecular weight is 482 g/mol. The molecule has 4 aromatic rings. The van der Waals surface area contributed by atoms with Crippen LogP contribution in [0, 0.1) is 6.92 Å². The summed E-state index contributed by atoms with van der Waals surface area (Å²) in [6.07, 6.45) is 1.64. The zero-order chi connectivity index (χ0) is 23.8. The van der Waals surface area contributed by atoms with E-state index in [1.807, 2.05) is 37.3 Å². The van der Waals surface area contributed by atoms with Gasteiger partial charge in [-0.1, -0.05) is 42.5 Å². The zero-order valence-electron chi connectivity index (χ0n) is 18.4. The second-order valence-electron chi connectivity index (χ2n) is 7.95. The van der Waals surface area contributed by atoms with E-state index in [2.05, 4.69) is 15.3 Å². The van der Waals surface area contributed by atoms with Gasteiger partial charge in [0.25, 0.3) is 11.5 Å². The van der Waals surface area contributed by atoms with Crippen LogP contribution in [0.1, 0.15) is 45.2 Å². The van der Waals surface area contributed by atoms with Gasteiger partial charge in [-0.05, 0) is 42.7 Å². The molecule has 0 fully saturated rings. The number of thiophene rings is 1. The molecule has 2 aromatic carbocycles. The lowest BCUT2D eigenvalue weighted by Gasteiger charge is -2.14. The number of nitrogens with one attached hydrogen (secondary N) is 2. The molecule has 1 atom stereocenters. The molecule has 1 unspecified atom stereocenters. The summed E-state index contributed by atoms with van der Waals surface area (Å²) in [4.78, 5) is 34.3. The molecular weight excluding hydrogens is 458 g/mol. The SMILES string of the molecule is Cc1c(C(=O)NC(C)c2ccc(S(C)(=O)=O)cc2)sc2nc(Cc3ccccc3)[nH]c(=O)c12. The zero-order valence-corrected chi connectivity index (χ0v) is 20.0. The minimum atomic E-state index is -3.28. The Morgan fingerprint density at radius 3 is 2.42 bits per heavy atom. The summed E-state index contributed by atoms with van der Waals surface area (Å²) in [5.74, 6) is 0.241. The third kappa shape index (κ3) is 4.89. The molecule has 33 heavy (non-hydrogen) atoms. The molecule has 1 amide bonds. The predicted molar refractivity (Wildman–Crippen MR) is 130 cm³/mol. The number of hydrogen-bond donors (Lipinski definition) is 2. The van der Waals surface area contributed by atoms with Crippen LogP contribution < -0.4 is 10.9 Å². The summed E-state index contributed by atoms with van der Waals surface area (Å²) in [7, 11) is -3.28. The number of H-pyrrole nitrogens is 1. The van der Waals surface area contributed by atoms with Crippen molar-refractivity contribution < 1.29 is 13.2 Å². The molecule has 7 nitrogen and oxygen atoms in total. The number of rotatable bonds is 6. The molecular formula is C24H23N3O4S2. The normalized spacial score (nSPS) is 12.6. The first-order valence-corrected chi connectivity index (χ1v) is 13.0. The van der Waals surface area contributed by atoms with E-state index >= 15 is 0 Å². The molecule has 0 radical (unpaired) electrons. The number of benzene rings is 2. The molecule has 0 saturated carbocycles. The molecule has 4 rings (SSSR count). The van der Waals surface area contributed by atoms with Gasteiger partial charge in [0.05, 0.1) is 21.2 Å². The van der Waals surface area contributed by atoms with Crippen LogP contribution in [0.3, 0.4) is 0 Å². The fourth-order valence-electron chi connectivity index (χ4n) is 3.63. The van der Waals surface area contributed by atoms with Crippen LogP contribution in [0.15, 0.2) is 64.3 Å². The van der Waals surface area contributed by atoms with Crippen molar-refractivity contribution in [3.63, 3.8) is 0 Å². The Labute approximate surface area is 195 Å². The number of fused-ring (bicyclic) bond motifs is 1. The molecule has 0 saturated heterocycles. The smallest absolute Gasteiger partial charge is 0.262 e. The monoisotopic (exact) mass is 481 g/mol. The van der Waals surface area contributed by atoms with Gasteiger partial charge in [0.15, 0.2) is 9.84 Å². The molecule has 2 aromatic heterocycles. The van der Waals surface area contributed by atoms with E-state index in [0.717, 1.165) is 17.4 Å². The van der Waals surface area contributed by atoms with Crippen molar-refractivity contribution in [2.45, 2.75) is 31.2 Å². The third-order valence-electron chi connectivity index (χ3n) is 5.43. The lowest BCUT2D eigenvalue weighted by Crippen LogP contribution is -2.26. The third-order valence-corrected chi connectivity index (χ3v) is 7.74. The second kappa shape index (κ2) is 8.92. The molecule has 0 aliphatic heterocycles. The van der Waals surface area contributed by atoms with Gasteiger partial charge < -0.3 is 10.3 Å². The van der Waals surface area contributed by atoms with E-state index < -0.39 is 9.84 Å². The molecule has 2 heterocycles. The van der Waals surface area contributed by atoms with Crippen LogP contribution in [0.5, 0.6) is 0 Å². The fourth-order valence-corrected chi connectivity index (χ4v) is 5.36. The minimum Gasteiger partial charge on any atom is -0.345 e. The van der Waals surface area contributed by atoms with Crippen LogP contribution >= 0.6 is 11.3 Å². The van der Waals surface area contributed by atoms with Gasteiger partial charge >= 0.3 is 0 Å². The maximum absolute atomic E-state index is 13.0. The van der Waals surface area contributed by atoms with Crippen LogP contribution in [0.2, 0.25) is 0 Å². The number of aromatic amines is 1. The van der Waals surface area contributed by atoms with Crippen LogP contribution in [-0.4, -0.2) is 30.5 Å². The molecule has 170 valence electrons. The Morgan fingerprint density at radius 1 is 1.12 bits per heavy atom. The summed E-state index contributed by atoms with van der Waals surface area (Å²) in [6, 6.07) is 15.8. The molecule has 0 aliphatic rings. The van der Waals surface area contributed by atoms with Gasteiger partial charge in [-0.15, -0.1) is 11.3 Å². The van der Waals surface area contributed by atoms with Gasteiger partial charge in [-0.3, -0.25) is 9.59 Å². The highest BCUT2D eigenvalue weighted by Crippen LogP contribution is 2.28. The standard InChI is InChI=1S/C24H23N3O4S2/c1-14-20-22(28)26-19(13-16-7-5-4-6-8-16)27-24(20)32-21(14)23(29)25-15(2)17-9-11-18(12-10-17)33(3,30)31/h4-12,15H,13H2,1-3H3,(H,25,29)(H,26,27,28). The molecule has 2 N–H and O–H groups in total. The van der Waals surface area contributed by atoms with Crippen molar-refractivity contribution in [3.8, 4) is 0 Å². The predicted octanol–water partition coefficient (Wildman–Crippen LogP) is 3.78. The van der Waals surface area contributed by atoms with E-state index in [1.54, 1.807) is 19.1 Å². The van der Waals surface area contributed by atoms with Crippen molar-refractivity contribution in [1.82, 2.24) is 15.3 Å². The first kappa shape index (κ1) is 22.9. The molecule has 0 spiro atoms. The Bertz CT molecular complexity index is 1490. The van der Waals surface area contributed by atoms with Gasteiger partial charge in [0.2, 0.25) is 0 Å². The summed E-state index contributed by atoms with van der Waals surface area (Å²) in [5, 5.41) is 3.35.